The molecule has 4 nitrogen and oxygen atoms in total. The summed E-state index contributed by atoms with van der Waals surface area (Å²) in [5.41, 5.74) is 1.44. The van der Waals surface area contributed by atoms with E-state index in [-0.39, 0.29) is 11.9 Å². The number of nitrogens with one attached hydrogen (secondary N) is 1. The summed E-state index contributed by atoms with van der Waals surface area (Å²) in [6, 6.07) is 8.78. The number of anilines is 1. The normalized spacial score (nSPS) is 11.4. The number of hydrogen-bond acceptors (Lipinski definition) is 3. The molecule has 0 aliphatic carbocycles. The van der Waals surface area contributed by atoms with E-state index in [4.69, 9.17) is 5.26 Å². The van der Waals surface area contributed by atoms with Crippen molar-refractivity contribution in [3.63, 3.8) is 0 Å². The molecule has 0 saturated heterocycles. The Labute approximate surface area is 95.5 Å². The van der Waals surface area contributed by atoms with Crippen LogP contribution in [0.5, 0.6) is 0 Å². The maximum Gasteiger partial charge on any atom is 0.244 e. The highest BCUT2D eigenvalue weighted by Gasteiger charge is 2.13. The maximum absolute atomic E-state index is 11.6. The van der Waals surface area contributed by atoms with Gasteiger partial charge in [0.25, 0.3) is 0 Å². The molecular weight excluding hydrogens is 202 g/mol. The number of amides is 1. The molecule has 1 N–H and O–H groups in total. The smallest absolute Gasteiger partial charge is 0.244 e. The van der Waals surface area contributed by atoms with E-state index in [1.165, 1.54) is 0 Å². The molecule has 0 bridgehead atoms. The summed E-state index contributed by atoms with van der Waals surface area (Å²) in [5, 5.41) is 11.7. The summed E-state index contributed by atoms with van der Waals surface area (Å²) in [6.45, 7) is 1.81. The van der Waals surface area contributed by atoms with Gasteiger partial charge < -0.3 is 10.2 Å². The molecule has 0 aromatic heterocycles. The van der Waals surface area contributed by atoms with Crippen LogP contribution in [0.4, 0.5) is 5.69 Å². The van der Waals surface area contributed by atoms with Crippen molar-refractivity contribution in [2.75, 3.05) is 19.4 Å². The van der Waals surface area contributed by atoms with Crippen molar-refractivity contribution in [3.05, 3.63) is 29.8 Å². The van der Waals surface area contributed by atoms with Crippen LogP contribution in [0.15, 0.2) is 24.3 Å². The quantitative estimate of drug-likeness (QED) is 0.833. The fraction of sp³-hybridized carbons (Fsp3) is 0.333. The molecule has 0 fully saturated rings. The minimum atomic E-state index is -0.275. The van der Waals surface area contributed by atoms with E-state index in [1.54, 1.807) is 50.2 Å². The Bertz CT molecular complexity index is 403. The van der Waals surface area contributed by atoms with Gasteiger partial charge in [0, 0.05) is 19.8 Å². The van der Waals surface area contributed by atoms with E-state index in [0.717, 1.165) is 5.69 Å². The van der Waals surface area contributed by atoms with Crippen molar-refractivity contribution >= 4 is 11.6 Å². The van der Waals surface area contributed by atoms with E-state index < -0.39 is 0 Å². The van der Waals surface area contributed by atoms with E-state index in [1.807, 2.05) is 6.07 Å². The van der Waals surface area contributed by atoms with Crippen molar-refractivity contribution in [1.82, 2.24) is 4.90 Å². The van der Waals surface area contributed by atoms with Crippen molar-refractivity contribution in [2.24, 2.45) is 0 Å². The number of nitriles is 1. The molecule has 1 atom stereocenters. The number of nitrogens with zero attached hydrogens (tertiary/aromatic N) is 2. The number of benzene rings is 1. The van der Waals surface area contributed by atoms with E-state index in [0.29, 0.717) is 5.56 Å². The predicted octanol–water partition coefficient (Wildman–Crippen LogP) is 1.45. The van der Waals surface area contributed by atoms with Gasteiger partial charge in [-0.15, -0.1) is 0 Å². The highest BCUT2D eigenvalue weighted by molar-refractivity contribution is 5.83. The van der Waals surface area contributed by atoms with Gasteiger partial charge >= 0.3 is 0 Å². The van der Waals surface area contributed by atoms with Gasteiger partial charge in [0.15, 0.2) is 0 Å². The van der Waals surface area contributed by atoms with Gasteiger partial charge in [-0.3, -0.25) is 4.79 Å². The lowest BCUT2D eigenvalue weighted by Crippen LogP contribution is -2.36. The molecule has 0 aliphatic rings. The average molecular weight is 217 g/mol. The number of carbonyl (C=O) groups is 1. The van der Waals surface area contributed by atoms with Crippen LogP contribution in [0, 0.1) is 11.3 Å². The molecule has 0 radical (unpaired) electrons. The van der Waals surface area contributed by atoms with Gasteiger partial charge in [0.1, 0.15) is 6.04 Å². The third-order valence-electron chi connectivity index (χ3n) is 2.21. The molecule has 16 heavy (non-hydrogen) atoms. The van der Waals surface area contributed by atoms with Crippen LogP contribution in [0.3, 0.4) is 0 Å². The highest BCUT2D eigenvalue weighted by Crippen LogP contribution is 2.10. The van der Waals surface area contributed by atoms with Crippen LogP contribution in [0.2, 0.25) is 0 Å². The lowest BCUT2D eigenvalue weighted by atomic mass is 10.2. The monoisotopic (exact) mass is 217 g/mol. The predicted molar refractivity (Wildman–Crippen MR) is 62.9 cm³/mol. The van der Waals surface area contributed by atoms with Gasteiger partial charge in [-0.25, -0.2) is 0 Å². The summed E-state index contributed by atoms with van der Waals surface area (Å²) in [5.74, 6) is 0.0179. The molecule has 0 spiro atoms. The molecule has 0 unspecified atom stereocenters. The summed E-state index contributed by atoms with van der Waals surface area (Å²) < 4.78 is 0. The van der Waals surface area contributed by atoms with Crippen molar-refractivity contribution in [3.8, 4) is 6.07 Å². The number of carbonyl (C=O) groups excluding carboxylic acids is 1. The Balaban J connectivity index is 2.67. The zero-order chi connectivity index (χ0) is 12.1. The highest BCUT2D eigenvalue weighted by atomic mass is 16.2. The zero-order valence-electron chi connectivity index (χ0n) is 9.69. The topological polar surface area (TPSA) is 56.1 Å². The second-order valence-corrected chi connectivity index (χ2v) is 3.79. The van der Waals surface area contributed by atoms with Crippen LogP contribution in [0.25, 0.3) is 0 Å². The lowest BCUT2D eigenvalue weighted by molar-refractivity contribution is -0.129. The first-order valence-corrected chi connectivity index (χ1v) is 5.02. The fourth-order valence-electron chi connectivity index (χ4n) is 1.34. The molecule has 1 amide bonds. The standard InChI is InChI=1S/C12H15N3O/c1-9(12(16)15(2)3)14-11-6-4-10(8-13)5-7-11/h4-7,9,14H,1-3H3/t9-/m0/s1. The molecule has 0 heterocycles. The number of rotatable bonds is 3. The SMILES string of the molecule is C[C@H](Nc1ccc(C#N)cc1)C(=O)N(C)C. The van der Waals surface area contributed by atoms with Crippen LogP contribution < -0.4 is 5.32 Å². The summed E-state index contributed by atoms with van der Waals surface area (Å²) >= 11 is 0. The zero-order valence-corrected chi connectivity index (χ0v) is 9.69. The van der Waals surface area contributed by atoms with E-state index in [9.17, 15) is 4.79 Å². The minimum Gasteiger partial charge on any atom is -0.374 e. The Morgan fingerprint density at radius 3 is 2.38 bits per heavy atom. The first kappa shape index (κ1) is 12.1. The molecule has 0 saturated carbocycles. The molecule has 0 aliphatic heterocycles. The summed E-state index contributed by atoms with van der Waals surface area (Å²) in [4.78, 5) is 13.1. The van der Waals surface area contributed by atoms with Crippen LogP contribution in [0.1, 0.15) is 12.5 Å². The Morgan fingerprint density at radius 1 is 1.38 bits per heavy atom. The van der Waals surface area contributed by atoms with Crippen molar-refractivity contribution in [2.45, 2.75) is 13.0 Å². The van der Waals surface area contributed by atoms with Crippen LogP contribution in [-0.4, -0.2) is 30.9 Å². The Kier molecular flexibility index (Phi) is 3.90. The van der Waals surface area contributed by atoms with Crippen molar-refractivity contribution in [1.29, 1.82) is 5.26 Å². The Hall–Kier alpha value is -2.02. The Morgan fingerprint density at radius 2 is 1.94 bits per heavy atom. The van der Waals surface area contributed by atoms with Gasteiger partial charge in [-0.2, -0.15) is 5.26 Å². The van der Waals surface area contributed by atoms with Crippen molar-refractivity contribution < 1.29 is 4.79 Å². The fourth-order valence-corrected chi connectivity index (χ4v) is 1.34. The molecule has 84 valence electrons. The van der Waals surface area contributed by atoms with E-state index in [2.05, 4.69) is 5.32 Å². The average Bonchev–Trinajstić information content (AvgIpc) is 2.28. The second kappa shape index (κ2) is 5.17. The van der Waals surface area contributed by atoms with Crippen LogP contribution >= 0.6 is 0 Å². The van der Waals surface area contributed by atoms with Crippen LogP contribution in [-0.2, 0) is 4.79 Å². The summed E-state index contributed by atoms with van der Waals surface area (Å²) in [6.07, 6.45) is 0. The molecule has 1 rings (SSSR count). The third kappa shape index (κ3) is 2.99. The lowest BCUT2D eigenvalue weighted by Gasteiger charge is -2.18. The third-order valence-corrected chi connectivity index (χ3v) is 2.21. The van der Waals surface area contributed by atoms with E-state index >= 15 is 0 Å². The molecule has 4 heteroatoms. The first-order valence-electron chi connectivity index (χ1n) is 5.02. The van der Waals surface area contributed by atoms with Gasteiger partial charge in [0.05, 0.1) is 11.6 Å². The largest absolute Gasteiger partial charge is 0.374 e. The van der Waals surface area contributed by atoms with Gasteiger partial charge in [0.2, 0.25) is 5.91 Å². The van der Waals surface area contributed by atoms with Gasteiger partial charge in [-0.1, -0.05) is 0 Å². The molecule has 1 aromatic carbocycles. The number of hydrogen-bond donors (Lipinski definition) is 1. The minimum absolute atomic E-state index is 0.0179. The first-order chi connectivity index (χ1) is 7.54. The molecular formula is C12H15N3O. The number of likely N-dealkylation sites (N-methyl/N-ethyl adjacent to an activating group) is 1. The van der Waals surface area contributed by atoms with Gasteiger partial charge in [-0.05, 0) is 31.2 Å². The molecule has 1 aromatic rings. The second-order valence-electron chi connectivity index (χ2n) is 3.79. The maximum atomic E-state index is 11.6. The summed E-state index contributed by atoms with van der Waals surface area (Å²) in [7, 11) is 3.44.